The molecule has 2 aliphatic carbocycles. The van der Waals surface area contributed by atoms with Gasteiger partial charge in [0.2, 0.25) is 23.6 Å². The van der Waals surface area contributed by atoms with Crippen LogP contribution in [0, 0.1) is 23.7 Å². The summed E-state index contributed by atoms with van der Waals surface area (Å²) in [6.07, 6.45) is 9.90. The van der Waals surface area contributed by atoms with Crippen LogP contribution in [0.5, 0.6) is 0 Å². The first-order chi connectivity index (χ1) is 13.6. The Kier molecular flexibility index (Phi) is 3.79. The zero-order valence-electron chi connectivity index (χ0n) is 15.2. The second-order valence-corrected chi connectivity index (χ2v) is 7.69. The molecule has 2 fully saturated rings. The summed E-state index contributed by atoms with van der Waals surface area (Å²) in [5.74, 6) is -2.12. The molecule has 7 heteroatoms. The van der Waals surface area contributed by atoms with E-state index in [2.05, 4.69) is 4.98 Å². The Morgan fingerprint density at radius 1 is 0.607 bits per heavy atom. The number of hydrogen-bond donors (Lipinski definition) is 0. The third-order valence-corrected chi connectivity index (χ3v) is 6.19. The standard InChI is InChI=1S/C21H19N3O4/c25-18-12-6-1-2-7-13(12)19(26)23(18)16-10-5-11-17(22-16)24-20(27)14-8-3-4-9-15(14)21(24)28/h1-5,10-15H,6-9H2/t12-,13+,14-,15+. The average molecular weight is 377 g/mol. The van der Waals surface area contributed by atoms with Crippen LogP contribution < -0.4 is 9.80 Å². The van der Waals surface area contributed by atoms with E-state index in [9.17, 15) is 19.2 Å². The van der Waals surface area contributed by atoms with E-state index in [1.54, 1.807) is 18.2 Å². The third-order valence-electron chi connectivity index (χ3n) is 6.19. The molecule has 4 aliphatic rings. The number of rotatable bonds is 2. The summed E-state index contributed by atoms with van der Waals surface area (Å²) in [4.78, 5) is 57.8. The molecule has 0 saturated carbocycles. The molecule has 0 unspecified atom stereocenters. The molecule has 5 rings (SSSR count). The van der Waals surface area contributed by atoms with Crippen LogP contribution in [0.15, 0.2) is 42.5 Å². The van der Waals surface area contributed by atoms with Crippen molar-refractivity contribution in [3.63, 3.8) is 0 Å². The highest BCUT2D eigenvalue weighted by molar-refractivity contribution is 6.23. The fourth-order valence-electron chi connectivity index (χ4n) is 4.71. The molecule has 2 saturated heterocycles. The number of aromatic nitrogens is 1. The van der Waals surface area contributed by atoms with Gasteiger partial charge in [-0.3, -0.25) is 19.2 Å². The van der Waals surface area contributed by atoms with Gasteiger partial charge in [-0.05, 0) is 37.8 Å². The highest BCUT2D eigenvalue weighted by Gasteiger charge is 2.50. The first-order valence-corrected chi connectivity index (χ1v) is 9.60. The minimum atomic E-state index is -0.355. The number of nitrogens with zero attached hydrogens (tertiary/aromatic N) is 3. The average Bonchev–Trinajstić information content (AvgIpc) is 3.13. The van der Waals surface area contributed by atoms with Crippen LogP contribution in [-0.2, 0) is 19.2 Å². The number of pyridine rings is 1. The lowest BCUT2D eigenvalue weighted by molar-refractivity contribution is -0.124. The summed E-state index contributed by atoms with van der Waals surface area (Å²) in [6.45, 7) is 0. The molecule has 0 aromatic carbocycles. The van der Waals surface area contributed by atoms with E-state index in [4.69, 9.17) is 0 Å². The summed E-state index contributed by atoms with van der Waals surface area (Å²) < 4.78 is 0. The SMILES string of the molecule is O=C1[C@H]2CC=CC[C@H]2C(=O)N1c1cccc(N2C(=O)[C@H]3CC=CC[C@H]3C2=O)n1. The van der Waals surface area contributed by atoms with Crippen molar-refractivity contribution in [1.29, 1.82) is 0 Å². The summed E-state index contributed by atoms with van der Waals surface area (Å²) in [5, 5.41) is 0. The van der Waals surface area contributed by atoms with Crippen molar-refractivity contribution >= 4 is 35.3 Å². The highest BCUT2D eigenvalue weighted by Crippen LogP contribution is 2.39. The minimum absolute atomic E-state index is 0.176. The topological polar surface area (TPSA) is 87.7 Å². The van der Waals surface area contributed by atoms with Gasteiger partial charge >= 0.3 is 0 Å². The number of amides is 4. The summed E-state index contributed by atoms with van der Waals surface area (Å²) in [6, 6.07) is 4.77. The largest absolute Gasteiger partial charge is 0.274 e. The van der Waals surface area contributed by atoms with Gasteiger partial charge in [0.15, 0.2) is 0 Å². The second kappa shape index (κ2) is 6.22. The fourth-order valence-corrected chi connectivity index (χ4v) is 4.71. The summed E-state index contributed by atoms with van der Waals surface area (Å²) >= 11 is 0. The minimum Gasteiger partial charge on any atom is -0.274 e. The van der Waals surface area contributed by atoms with E-state index in [0.717, 1.165) is 9.80 Å². The number of carbonyl (C=O) groups is 4. The maximum absolute atomic E-state index is 12.8. The monoisotopic (exact) mass is 377 g/mol. The molecule has 1 aromatic heterocycles. The number of hydrogen-bond acceptors (Lipinski definition) is 5. The molecular formula is C21H19N3O4. The maximum Gasteiger partial charge on any atom is 0.239 e. The van der Waals surface area contributed by atoms with Crippen LogP contribution >= 0.6 is 0 Å². The maximum atomic E-state index is 12.8. The Labute approximate surface area is 161 Å². The molecule has 7 nitrogen and oxygen atoms in total. The van der Waals surface area contributed by atoms with Crippen LogP contribution in [-0.4, -0.2) is 28.6 Å². The van der Waals surface area contributed by atoms with Gasteiger partial charge in [0, 0.05) is 0 Å². The van der Waals surface area contributed by atoms with Crippen LogP contribution in [0.3, 0.4) is 0 Å². The van der Waals surface area contributed by atoms with Gasteiger partial charge in [-0.25, -0.2) is 14.8 Å². The molecule has 0 radical (unpaired) electrons. The van der Waals surface area contributed by atoms with Crippen LogP contribution in [0.4, 0.5) is 11.6 Å². The first kappa shape index (κ1) is 17.0. The van der Waals surface area contributed by atoms with Gasteiger partial charge in [0.05, 0.1) is 23.7 Å². The number of anilines is 2. The molecule has 3 heterocycles. The van der Waals surface area contributed by atoms with Gasteiger partial charge in [-0.1, -0.05) is 30.4 Å². The van der Waals surface area contributed by atoms with Crippen molar-refractivity contribution in [2.24, 2.45) is 23.7 Å². The zero-order chi connectivity index (χ0) is 19.4. The van der Waals surface area contributed by atoms with Gasteiger partial charge in [0.1, 0.15) is 11.6 Å². The molecule has 2 aliphatic heterocycles. The predicted molar refractivity (Wildman–Crippen MR) is 99.9 cm³/mol. The van der Waals surface area contributed by atoms with Crippen molar-refractivity contribution in [2.75, 3.05) is 9.80 Å². The molecule has 0 spiro atoms. The number of imide groups is 2. The van der Waals surface area contributed by atoms with Crippen molar-refractivity contribution < 1.29 is 19.2 Å². The number of allylic oxidation sites excluding steroid dienone is 4. The van der Waals surface area contributed by atoms with E-state index < -0.39 is 0 Å². The summed E-state index contributed by atoms with van der Waals surface area (Å²) in [5.41, 5.74) is 0. The van der Waals surface area contributed by atoms with E-state index in [-0.39, 0.29) is 58.9 Å². The van der Waals surface area contributed by atoms with E-state index in [0.29, 0.717) is 25.7 Å². The quantitative estimate of drug-likeness (QED) is 0.581. The Bertz CT molecular complexity index is 841. The normalized spacial score (nSPS) is 31.6. The van der Waals surface area contributed by atoms with Crippen LogP contribution in [0.25, 0.3) is 0 Å². The third kappa shape index (κ3) is 2.32. The van der Waals surface area contributed by atoms with Crippen molar-refractivity contribution in [3.05, 3.63) is 42.5 Å². The van der Waals surface area contributed by atoms with Gasteiger partial charge in [-0.15, -0.1) is 0 Å². The Morgan fingerprint density at radius 3 is 1.25 bits per heavy atom. The molecule has 28 heavy (non-hydrogen) atoms. The lowest BCUT2D eigenvalue weighted by Crippen LogP contribution is -2.34. The Balaban J connectivity index is 1.48. The molecule has 142 valence electrons. The molecule has 4 amide bonds. The Morgan fingerprint density at radius 2 is 0.929 bits per heavy atom. The van der Waals surface area contributed by atoms with E-state index >= 15 is 0 Å². The van der Waals surface area contributed by atoms with E-state index in [1.807, 2.05) is 24.3 Å². The van der Waals surface area contributed by atoms with Gasteiger partial charge in [0.25, 0.3) is 0 Å². The molecular weight excluding hydrogens is 358 g/mol. The van der Waals surface area contributed by atoms with Crippen molar-refractivity contribution in [3.8, 4) is 0 Å². The van der Waals surface area contributed by atoms with Crippen LogP contribution in [0.1, 0.15) is 25.7 Å². The Hall–Kier alpha value is -3.09. The van der Waals surface area contributed by atoms with Crippen molar-refractivity contribution in [2.45, 2.75) is 25.7 Å². The molecule has 0 bridgehead atoms. The lowest BCUT2D eigenvalue weighted by Gasteiger charge is -2.18. The number of fused-ring (bicyclic) bond motifs is 2. The second-order valence-electron chi connectivity index (χ2n) is 7.69. The predicted octanol–water partition coefficient (Wildman–Crippen LogP) is 1.99. The van der Waals surface area contributed by atoms with Gasteiger partial charge in [-0.2, -0.15) is 0 Å². The molecule has 0 N–H and O–H groups in total. The number of carbonyl (C=O) groups excluding carboxylic acids is 4. The fraction of sp³-hybridized carbons (Fsp3) is 0.381. The smallest absolute Gasteiger partial charge is 0.239 e. The highest BCUT2D eigenvalue weighted by atomic mass is 16.2. The van der Waals surface area contributed by atoms with E-state index in [1.165, 1.54) is 0 Å². The zero-order valence-corrected chi connectivity index (χ0v) is 15.2. The van der Waals surface area contributed by atoms with Crippen molar-refractivity contribution in [1.82, 2.24) is 4.98 Å². The van der Waals surface area contributed by atoms with Crippen LogP contribution in [0.2, 0.25) is 0 Å². The van der Waals surface area contributed by atoms with Gasteiger partial charge < -0.3 is 0 Å². The lowest BCUT2D eigenvalue weighted by atomic mass is 9.85. The first-order valence-electron chi connectivity index (χ1n) is 9.60. The molecule has 1 aromatic rings. The molecule has 4 atom stereocenters. The summed E-state index contributed by atoms with van der Waals surface area (Å²) in [7, 11) is 0.